The maximum Gasteiger partial charge on any atom is 0.138 e. The molecule has 5 heteroatoms. The zero-order valence-electron chi connectivity index (χ0n) is 12.9. The molecule has 1 aliphatic heterocycles. The number of aromatic nitrogens is 1. The quantitative estimate of drug-likeness (QED) is 0.841. The summed E-state index contributed by atoms with van der Waals surface area (Å²) in [5.41, 5.74) is 2.19. The van der Waals surface area contributed by atoms with Crippen molar-refractivity contribution in [2.24, 2.45) is 0 Å². The summed E-state index contributed by atoms with van der Waals surface area (Å²) < 4.78 is 11.0. The molecule has 1 saturated heterocycles. The van der Waals surface area contributed by atoms with Crippen LogP contribution in [0.3, 0.4) is 0 Å². The van der Waals surface area contributed by atoms with E-state index >= 15 is 0 Å². The molecule has 3 rings (SSSR count). The highest BCUT2D eigenvalue weighted by molar-refractivity contribution is 7.12. The molecular weight excluding hydrogens is 284 g/mol. The van der Waals surface area contributed by atoms with Crippen LogP contribution in [0.4, 0.5) is 0 Å². The van der Waals surface area contributed by atoms with Crippen molar-refractivity contribution in [2.75, 3.05) is 13.7 Å². The van der Waals surface area contributed by atoms with E-state index in [4.69, 9.17) is 9.26 Å². The Balaban J connectivity index is 1.61. The number of nitrogens with zero attached hydrogens (tertiary/aromatic N) is 2. The average Bonchev–Trinajstić information content (AvgIpc) is 3.16. The summed E-state index contributed by atoms with van der Waals surface area (Å²) in [5.74, 6) is 0.922. The molecule has 2 aromatic rings. The van der Waals surface area contributed by atoms with Crippen molar-refractivity contribution in [3.8, 4) is 0 Å². The van der Waals surface area contributed by atoms with Crippen LogP contribution in [0.25, 0.3) is 0 Å². The average molecular weight is 306 g/mol. The predicted octanol–water partition coefficient (Wildman–Crippen LogP) is 3.84. The van der Waals surface area contributed by atoms with Gasteiger partial charge in [0.15, 0.2) is 0 Å². The minimum Gasteiger partial charge on any atom is -0.373 e. The fourth-order valence-corrected chi connectivity index (χ4v) is 3.95. The molecule has 0 unspecified atom stereocenters. The molecule has 0 aromatic carbocycles. The lowest BCUT2D eigenvalue weighted by Gasteiger charge is -2.15. The van der Waals surface area contributed by atoms with Crippen LogP contribution in [-0.2, 0) is 17.8 Å². The molecule has 0 radical (unpaired) electrons. The number of rotatable bonds is 5. The smallest absolute Gasteiger partial charge is 0.138 e. The van der Waals surface area contributed by atoms with E-state index in [-0.39, 0.29) is 0 Å². The van der Waals surface area contributed by atoms with Gasteiger partial charge in [-0.15, -0.1) is 11.3 Å². The first-order valence-corrected chi connectivity index (χ1v) is 8.25. The van der Waals surface area contributed by atoms with Gasteiger partial charge in [0.05, 0.1) is 11.8 Å². The van der Waals surface area contributed by atoms with Crippen LogP contribution < -0.4 is 0 Å². The fraction of sp³-hybridized carbons (Fsp3) is 0.562. The first kappa shape index (κ1) is 14.8. The van der Waals surface area contributed by atoms with Crippen molar-refractivity contribution in [3.05, 3.63) is 38.9 Å². The Kier molecular flexibility index (Phi) is 4.42. The summed E-state index contributed by atoms with van der Waals surface area (Å²) in [7, 11) is 2.14. The van der Waals surface area contributed by atoms with E-state index in [0.29, 0.717) is 6.10 Å². The van der Waals surface area contributed by atoms with Crippen LogP contribution in [0.2, 0.25) is 0 Å². The SMILES string of the molecule is Cc1noc(C)c1CN(C)Cc1ccc([C@@H]2CCCO2)s1. The molecule has 0 aliphatic carbocycles. The number of hydrogen-bond acceptors (Lipinski definition) is 5. The van der Waals surface area contributed by atoms with Gasteiger partial charge in [-0.25, -0.2) is 0 Å². The third kappa shape index (κ3) is 3.36. The highest BCUT2D eigenvalue weighted by atomic mass is 32.1. The lowest BCUT2D eigenvalue weighted by molar-refractivity contribution is 0.114. The van der Waals surface area contributed by atoms with Crippen LogP contribution in [0, 0.1) is 13.8 Å². The number of ether oxygens (including phenoxy) is 1. The summed E-state index contributed by atoms with van der Waals surface area (Å²) in [5, 5.41) is 4.02. The molecular formula is C16H22N2O2S. The summed E-state index contributed by atoms with van der Waals surface area (Å²) in [6.07, 6.45) is 2.68. The van der Waals surface area contributed by atoms with E-state index in [9.17, 15) is 0 Å². The van der Waals surface area contributed by atoms with Crippen LogP contribution in [0.15, 0.2) is 16.7 Å². The molecule has 0 saturated carbocycles. The second-order valence-corrected chi connectivity index (χ2v) is 6.98. The van der Waals surface area contributed by atoms with Crippen LogP contribution >= 0.6 is 11.3 Å². The van der Waals surface area contributed by atoms with E-state index in [1.54, 1.807) is 0 Å². The number of hydrogen-bond donors (Lipinski definition) is 0. The highest BCUT2D eigenvalue weighted by Crippen LogP contribution is 2.33. The lowest BCUT2D eigenvalue weighted by atomic mass is 10.2. The normalized spacial score (nSPS) is 18.8. The molecule has 0 amide bonds. The molecule has 3 heterocycles. The summed E-state index contributed by atoms with van der Waals surface area (Å²) in [6, 6.07) is 4.45. The monoisotopic (exact) mass is 306 g/mol. The van der Waals surface area contributed by atoms with Crippen molar-refractivity contribution >= 4 is 11.3 Å². The van der Waals surface area contributed by atoms with Gasteiger partial charge in [0, 0.05) is 35.0 Å². The zero-order valence-corrected chi connectivity index (χ0v) is 13.7. The zero-order chi connectivity index (χ0) is 14.8. The molecule has 1 atom stereocenters. The van der Waals surface area contributed by atoms with Crippen molar-refractivity contribution < 1.29 is 9.26 Å². The van der Waals surface area contributed by atoms with Gasteiger partial charge in [-0.1, -0.05) is 5.16 Å². The topological polar surface area (TPSA) is 38.5 Å². The largest absolute Gasteiger partial charge is 0.373 e. The van der Waals surface area contributed by atoms with E-state index in [2.05, 4.69) is 29.2 Å². The van der Waals surface area contributed by atoms with Gasteiger partial charge in [0.1, 0.15) is 5.76 Å². The first-order chi connectivity index (χ1) is 10.1. The molecule has 1 aliphatic rings. The maximum absolute atomic E-state index is 5.75. The minimum atomic E-state index is 0.330. The van der Waals surface area contributed by atoms with Crippen LogP contribution in [0.5, 0.6) is 0 Å². The predicted molar refractivity (Wildman–Crippen MR) is 83.4 cm³/mol. The third-order valence-corrected chi connectivity index (χ3v) is 5.13. The fourth-order valence-electron chi connectivity index (χ4n) is 2.77. The Morgan fingerprint density at radius 3 is 2.86 bits per heavy atom. The van der Waals surface area contributed by atoms with Crippen LogP contribution in [-0.4, -0.2) is 23.7 Å². The van der Waals surface area contributed by atoms with Crippen LogP contribution in [0.1, 0.15) is 45.7 Å². The van der Waals surface area contributed by atoms with Crippen molar-refractivity contribution in [3.63, 3.8) is 0 Å². The van der Waals surface area contributed by atoms with E-state index in [1.807, 2.05) is 25.2 Å². The number of aryl methyl sites for hydroxylation is 2. The maximum atomic E-state index is 5.75. The Morgan fingerprint density at radius 1 is 1.33 bits per heavy atom. The second-order valence-electron chi connectivity index (χ2n) is 5.78. The summed E-state index contributed by atoms with van der Waals surface area (Å²) >= 11 is 1.87. The van der Waals surface area contributed by atoms with Gasteiger partial charge in [-0.3, -0.25) is 4.90 Å². The molecule has 0 N–H and O–H groups in total. The van der Waals surface area contributed by atoms with Gasteiger partial charge >= 0.3 is 0 Å². The molecule has 114 valence electrons. The first-order valence-electron chi connectivity index (χ1n) is 7.44. The molecule has 1 fully saturated rings. The lowest BCUT2D eigenvalue weighted by Crippen LogP contribution is -2.17. The van der Waals surface area contributed by atoms with Crippen molar-refractivity contribution in [2.45, 2.75) is 45.9 Å². The van der Waals surface area contributed by atoms with Gasteiger partial charge in [0.25, 0.3) is 0 Å². The molecule has 4 nitrogen and oxygen atoms in total. The Morgan fingerprint density at radius 2 is 2.19 bits per heavy atom. The van der Waals surface area contributed by atoms with E-state index in [0.717, 1.165) is 37.6 Å². The van der Waals surface area contributed by atoms with Gasteiger partial charge in [-0.05, 0) is 45.9 Å². The minimum absolute atomic E-state index is 0.330. The van der Waals surface area contributed by atoms with E-state index in [1.165, 1.54) is 21.7 Å². The number of thiophene rings is 1. The molecule has 0 bridgehead atoms. The molecule has 21 heavy (non-hydrogen) atoms. The Labute approximate surface area is 129 Å². The summed E-state index contributed by atoms with van der Waals surface area (Å²) in [6.45, 7) is 6.70. The van der Waals surface area contributed by atoms with Gasteiger partial charge in [-0.2, -0.15) is 0 Å². The highest BCUT2D eigenvalue weighted by Gasteiger charge is 2.20. The molecule has 2 aromatic heterocycles. The Hall–Kier alpha value is -1.17. The Bertz CT molecular complexity index is 580. The molecule has 0 spiro atoms. The van der Waals surface area contributed by atoms with Gasteiger partial charge in [0.2, 0.25) is 0 Å². The van der Waals surface area contributed by atoms with Gasteiger partial charge < -0.3 is 9.26 Å². The van der Waals surface area contributed by atoms with E-state index < -0.39 is 0 Å². The summed E-state index contributed by atoms with van der Waals surface area (Å²) in [4.78, 5) is 5.06. The third-order valence-electron chi connectivity index (χ3n) is 3.96. The second kappa shape index (κ2) is 6.30. The standard InChI is InChI=1S/C16H22N2O2S/c1-11-14(12(2)20-17-11)10-18(3)9-13-6-7-16(21-13)15-5-4-8-19-15/h6-7,15H,4-5,8-10H2,1-3H3/t15-/m0/s1. The van der Waals surface area contributed by atoms with Crippen molar-refractivity contribution in [1.29, 1.82) is 0 Å². The van der Waals surface area contributed by atoms with Crippen molar-refractivity contribution in [1.82, 2.24) is 10.1 Å².